The van der Waals surface area contributed by atoms with Gasteiger partial charge in [-0.15, -0.1) is 0 Å². The van der Waals surface area contributed by atoms with Crippen molar-refractivity contribution in [2.45, 2.75) is 12.5 Å². The van der Waals surface area contributed by atoms with Gasteiger partial charge in [0.2, 0.25) is 0 Å². The van der Waals surface area contributed by atoms with Crippen molar-refractivity contribution in [1.29, 1.82) is 0 Å². The first-order valence-electron chi connectivity index (χ1n) is 8.74. The number of imidazole rings is 1. The number of aromatic amines is 1. The summed E-state index contributed by atoms with van der Waals surface area (Å²) in [5, 5.41) is 3.51. The molecule has 0 saturated heterocycles. The Hall–Kier alpha value is -3.11. The number of para-hydroxylation sites is 2. The minimum Gasteiger partial charge on any atom is -0.342 e. The first-order chi connectivity index (χ1) is 13.2. The molecule has 3 aromatic carbocycles. The molecule has 2 N–H and O–H groups in total. The predicted molar refractivity (Wildman–Crippen MR) is 108 cm³/mol. The van der Waals surface area contributed by atoms with E-state index in [2.05, 4.69) is 15.3 Å². The van der Waals surface area contributed by atoms with E-state index in [9.17, 15) is 4.79 Å². The van der Waals surface area contributed by atoms with Gasteiger partial charge in [0.25, 0.3) is 5.91 Å². The molecule has 1 atom stereocenters. The number of halogens is 1. The Kier molecular flexibility index (Phi) is 4.90. The van der Waals surface area contributed by atoms with Crippen molar-refractivity contribution in [2.75, 3.05) is 0 Å². The summed E-state index contributed by atoms with van der Waals surface area (Å²) in [6.45, 7) is 0. The number of hydrogen-bond donors (Lipinski definition) is 2. The zero-order valence-corrected chi connectivity index (χ0v) is 15.3. The number of rotatable bonds is 5. The Morgan fingerprint density at radius 1 is 0.963 bits per heavy atom. The lowest BCUT2D eigenvalue weighted by Crippen LogP contribution is -2.31. The molecular weight excluding hydrogens is 358 g/mol. The molecule has 5 heteroatoms. The van der Waals surface area contributed by atoms with Crippen LogP contribution in [0.3, 0.4) is 0 Å². The van der Waals surface area contributed by atoms with E-state index in [1.54, 1.807) is 24.3 Å². The fraction of sp³-hybridized carbons (Fsp3) is 0.0909. The van der Waals surface area contributed by atoms with Gasteiger partial charge in [-0.05, 0) is 36.2 Å². The van der Waals surface area contributed by atoms with Crippen LogP contribution in [0.2, 0.25) is 5.02 Å². The first kappa shape index (κ1) is 17.3. The van der Waals surface area contributed by atoms with E-state index in [1.807, 2.05) is 54.6 Å². The Morgan fingerprint density at radius 3 is 2.44 bits per heavy atom. The molecule has 0 aliphatic carbocycles. The van der Waals surface area contributed by atoms with Crippen LogP contribution >= 0.6 is 11.6 Å². The van der Waals surface area contributed by atoms with Crippen LogP contribution in [0.1, 0.15) is 27.8 Å². The summed E-state index contributed by atoms with van der Waals surface area (Å²) >= 11 is 6.19. The van der Waals surface area contributed by atoms with Crippen LogP contribution in [0, 0.1) is 0 Å². The minimum absolute atomic E-state index is 0.220. The van der Waals surface area contributed by atoms with Crippen molar-refractivity contribution in [3.05, 3.63) is 101 Å². The van der Waals surface area contributed by atoms with Gasteiger partial charge in [-0.3, -0.25) is 4.79 Å². The van der Waals surface area contributed by atoms with E-state index >= 15 is 0 Å². The van der Waals surface area contributed by atoms with Gasteiger partial charge in [-0.1, -0.05) is 66.2 Å². The van der Waals surface area contributed by atoms with Gasteiger partial charge in [0.1, 0.15) is 5.82 Å². The summed E-state index contributed by atoms with van der Waals surface area (Å²) in [5.41, 5.74) is 3.38. The summed E-state index contributed by atoms with van der Waals surface area (Å²) in [6, 6.07) is 24.6. The van der Waals surface area contributed by atoms with Gasteiger partial charge in [0.05, 0.1) is 27.7 Å². The molecule has 0 bridgehead atoms. The van der Waals surface area contributed by atoms with Crippen molar-refractivity contribution in [2.24, 2.45) is 0 Å². The maximum absolute atomic E-state index is 12.8. The summed E-state index contributed by atoms with van der Waals surface area (Å²) in [5.74, 6) is 0.502. The molecule has 1 heterocycles. The van der Waals surface area contributed by atoms with Crippen molar-refractivity contribution in [3.63, 3.8) is 0 Å². The quantitative estimate of drug-likeness (QED) is 0.519. The van der Waals surface area contributed by atoms with Crippen molar-refractivity contribution >= 4 is 28.5 Å². The lowest BCUT2D eigenvalue weighted by Gasteiger charge is -2.17. The summed E-state index contributed by atoms with van der Waals surface area (Å²) in [7, 11) is 0. The lowest BCUT2D eigenvalue weighted by molar-refractivity contribution is 0.0935. The topological polar surface area (TPSA) is 57.8 Å². The summed E-state index contributed by atoms with van der Waals surface area (Å²) in [6.07, 6.45) is 0.622. The molecule has 134 valence electrons. The monoisotopic (exact) mass is 375 g/mol. The number of fused-ring (bicyclic) bond motifs is 1. The van der Waals surface area contributed by atoms with Crippen LogP contribution in [0.15, 0.2) is 78.9 Å². The SMILES string of the molecule is O=C(N[C@@H](Cc1ccccc1)c1nc2ccccc2[nH]1)c1ccccc1Cl. The first-order valence-corrected chi connectivity index (χ1v) is 9.12. The minimum atomic E-state index is -0.302. The normalized spacial score (nSPS) is 12.0. The largest absolute Gasteiger partial charge is 0.342 e. The molecule has 0 radical (unpaired) electrons. The molecule has 4 rings (SSSR count). The molecule has 4 nitrogen and oxygen atoms in total. The predicted octanol–water partition coefficient (Wildman–Crippen LogP) is 4.93. The van der Waals surface area contributed by atoms with Crippen LogP contribution in [-0.2, 0) is 6.42 Å². The van der Waals surface area contributed by atoms with Crippen molar-refractivity contribution in [1.82, 2.24) is 15.3 Å². The van der Waals surface area contributed by atoms with E-state index < -0.39 is 0 Å². The number of carbonyl (C=O) groups excluding carboxylic acids is 1. The van der Waals surface area contributed by atoms with Crippen LogP contribution < -0.4 is 5.32 Å². The van der Waals surface area contributed by atoms with Crippen LogP contribution in [-0.4, -0.2) is 15.9 Å². The highest BCUT2D eigenvalue weighted by Gasteiger charge is 2.21. The number of H-pyrrole nitrogens is 1. The number of benzene rings is 3. The van der Waals surface area contributed by atoms with E-state index in [-0.39, 0.29) is 11.9 Å². The smallest absolute Gasteiger partial charge is 0.253 e. The Balaban J connectivity index is 1.67. The molecule has 0 unspecified atom stereocenters. The Morgan fingerprint density at radius 2 is 1.67 bits per heavy atom. The summed E-state index contributed by atoms with van der Waals surface area (Å²) < 4.78 is 0. The number of amides is 1. The molecule has 0 fully saturated rings. The third kappa shape index (κ3) is 3.86. The molecule has 0 saturated carbocycles. The maximum Gasteiger partial charge on any atom is 0.253 e. The highest BCUT2D eigenvalue weighted by molar-refractivity contribution is 6.33. The van der Waals surface area contributed by atoms with E-state index in [0.717, 1.165) is 22.4 Å². The Bertz CT molecular complexity index is 1040. The van der Waals surface area contributed by atoms with Crippen LogP contribution in [0.4, 0.5) is 0 Å². The van der Waals surface area contributed by atoms with E-state index in [4.69, 9.17) is 11.6 Å². The second-order valence-electron chi connectivity index (χ2n) is 6.33. The second kappa shape index (κ2) is 7.64. The molecule has 1 aromatic heterocycles. The Labute approximate surface area is 162 Å². The molecule has 0 aliphatic heterocycles. The number of nitrogens with zero attached hydrogens (tertiary/aromatic N) is 1. The van der Waals surface area contributed by atoms with Gasteiger partial charge < -0.3 is 10.3 Å². The van der Waals surface area contributed by atoms with E-state index in [1.165, 1.54) is 0 Å². The molecule has 1 amide bonds. The number of aromatic nitrogens is 2. The number of nitrogens with one attached hydrogen (secondary N) is 2. The third-order valence-electron chi connectivity index (χ3n) is 4.44. The molecule has 0 aliphatic rings. The summed E-state index contributed by atoms with van der Waals surface area (Å²) in [4.78, 5) is 20.8. The fourth-order valence-electron chi connectivity index (χ4n) is 3.08. The molecule has 0 spiro atoms. The van der Waals surface area contributed by atoms with Gasteiger partial charge in [-0.2, -0.15) is 0 Å². The third-order valence-corrected chi connectivity index (χ3v) is 4.77. The molecular formula is C22H18ClN3O. The molecule has 4 aromatic rings. The fourth-order valence-corrected chi connectivity index (χ4v) is 3.31. The zero-order chi connectivity index (χ0) is 18.6. The second-order valence-corrected chi connectivity index (χ2v) is 6.74. The van der Waals surface area contributed by atoms with Gasteiger partial charge in [0, 0.05) is 0 Å². The number of carbonyl (C=O) groups is 1. The van der Waals surface area contributed by atoms with Crippen molar-refractivity contribution in [3.8, 4) is 0 Å². The maximum atomic E-state index is 12.8. The molecule has 27 heavy (non-hydrogen) atoms. The highest BCUT2D eigenvalue weighted by Crippen LogP contribution is 2.22. The van der Waals surface area contributed by atoms with Crippen LogP contribution in [0.25, 0.3) is 11.0 Å². The van der Waals surface area contributed by atoms with Gasteiger partial charge in [0.15, 0.2) is 0 Å². The lowest BCUT2D eigenvalue weighted by atomic mass is 10.0. The average Bonchev–Trinajstić information content (AvgIpc) is 3.13. The number of hydrogen-bond acceptors (Lipinski definition) is 2. The van der Waals surface area contributed by atoms with Gasteiger partial charge in [-0.25, -0.2) is 4.98 Å². The van der Waals surface area contributed by atoms with Crippen LogP contribution in [0.5, 0.6) is 0 Å². The average molecular weight is 376 g/mol. The highest BCUT2D eigenvalue weighted by atomic mass is 35.5. The standard InChI is InChI=1S/C22H18ClN3O/c23-17-11-5-4-10-16(17)22(27)26-20(14-15-8-2-1-3-9-15)21-24-18-12-6-7-13-19(18)25-21/h1-13,20H,14H2,(H,24,25)(H,26,27)/t20-/m0/s1. The van der Waals surface area contributed by atoms with E-state index in [0.29, 0.717) is 17.0 Å². The zero-order valence-electron chi connectivity index (χ0n) is 14.5. The van der Waals surface area contributed by atoms with Gasteiger partial charge >= 0.3 is 0 Å². The van der Waals surface area contributed by atoms with Crippen molar-refractivity contribution < 1.29 is 4.79 Å².